The van der Waals surface area contributed by atoms with Crippen LogP contribution in [0.15, 0.2) is 18.2 Å². The fraction of sp³-hybridized carbons (Fsp3) is 0.263. The number of ether oxygens (including phenoxy) is 1. The third-order valence-electron chi connectivity index (χ3n) is 4.69. The summed E-state index contributed by atoms with van der Waals surface area (Å²) in [4.78, 5) is 26.4. The first-order valence-corrected chi connectivity index (χ1v) is 10.5. The number of carbonyl (C=O) groups excluding carboxylic acids is 2. The number of benzene rings is 1. The molecule has 0 saturated heterocycles. The maximum absolute atomic E-state index is 12.9. The van der Waals surface area contributed by atoms with E-state index in [-0.39, 0.29) is 5.91 Å². The van der Waals surface area contributed by atoms with Crippen molar-refractivity contribution in [3.8, 4) is 5.75 Å². The Morgan fingerprint density at radius 1 is 1.22 bits per heavy atom. The third kappa shape index (κ3) is 3.20. The summed E-state index contributed by atoms with van der Waals surface area (Å²) < 4.78 is 6.12. The standard InChI is InChI=1S/C19H17ClN2O3S2/c1-25-9-6-7-13-11(8-9)15(20)16(26-13)18(24)22-19-14(17(21)23)10-4-2-3-5-12(10)27-19/h6-8H,2-5H2,1H3,(H2,21,23)(H,22,24). The van der Waals surface area contributed by atoms with E-state index in [4.69, 9.17) is 22.1 Å². The van der Waals surface area contributed by atoms with Gasteiger partial charge in [-0.1, -0.05) is 11.6 Å². The molecule has 27 heavy (non-hydrogen) atoms. The monoisotopic (exact) mass is 420 g/mol. The van der Waals surface area contributed by atoms with Crippen LogP contribution in [0.3, 0.4) is 0 Å². The van der Waals surface area contributed by atoms with E-state index in [1.165, 1.54) is 22.7 Å². The molecule has 2 heterocycles. The summed E-state index contributed by atoms with van der Waals surface area (Å²) in [6.07, 6.45) is 3.85. The number of amides is 2. The molecule has 0 radical (unpaired) electrons. The number of halogens is 1. The number of aryl methyl sites for hydroxylation is 1. The summed E-state index contributed by atoms with van der Waals surface area (Å²) >= 11 is 9.21. The molecule has 0 aliphatic heterocycles. The Kier molecular flexibility index (Phi) is 4.84. The number of fused-ring (bicyclic) bond motifs is 2. The SMILES string of the molecule is COc1ccc2sc(C(=O)Nc3sc4c(c3C(N)=O)CCCC4)c(Cl)c2c1. The van der Waals surface area contributed by atoms with Gasteiger partial charge in [-0.3, -0.25) is 9.59 Å². The Hall–Kier alpha value is -2.09. The molecular weight excluding hydrogens is 404 g/mol. The minimum Gasteiger partial charge on any atom is -0.497 e. The van der Waals surface area contributed by atoms with Crippen molar-refractivity contribution >= 4 is 61.2 Å². The first-order valence-electron chi connectivity index (χ1n) is 8.51. The van der Waals surface area contributed by atoms with Crippen LogP contribution in [0.1, 0.15) is 43.3 Å². The largest absolute Gasteiger partial charge is 0.497 e. The number of methoxy groups -OCH3 is 1. The predicted molar refractivity (Wildman–Crippen MR) is 111 cm³/mol. The van der Waals surface area contributed by atoms with E-state index >= 15 is 0 Å². The lowest BCUT2D eigenvalue weighted by molar-refractivity contribution is 0.100. The highest BCUT2D eigenvalue weighted by atomic mass is 35.5. The molecule has 0 saturated carbocycles. The van der Waals surface area contributed by atoms with E-state index in [0.29, 0.717) is 26.2 Å². The lowest BCUT2D eigenvalue weighted by atomic mass is 9.95. The Balaban J connectivity index is 1.71. The Labute approximate surface area is 169 Å². The van der Waals surface area contributed by atoms with Crippen molar-refractivity contribution in [2.24, 2.45) is 5.73 Å². The Morgan fingerprint density at radius 3 is 2.74 bits per heavy atom. The molecule has 1 aliphatic carbocycles. The Bertz CT molecular complexity index is 1070. The summed E-state index contributed by atoms with van der Waals surface area (Å²) in [6, 6.07) is 5.51. The molecular formula is C19H17ClN2O3S2. The van der Waals surface area contributed by atoms with Gasteiger partial charge in [0.25, 0.3) is 11.8 Å². The smallest absolute Gasteiger partial charge is 0.267 e. The number of hydrogen-bond acceptors (Lipinski definition) is 5. The fourth-order valence-corrected chi connectivity index (χ4v) is 6.07. The molecule has 3 aromatic rings. The highest BCUT2D eigenvalue weighted by Crippen LogP contribution is 2.40. The lowest BCUT2D eigenvalue weighted by Gasteiger charge is -2.11. The van der Waals surface area contributed by atoms with Crippen molar-refractivity contribution in [3.63, 3.8) is 0 Å². The number of rotatable bonds is 4. The second-order valence-electron chi connectivity index (χ2n) is 6.34. The van der Waals surface area contributed by atoms with Gasteiger partial charge in [0.2, 0.25) is 0 Å². The van der Waals surface area contributed by atoms with Crippen molar-refractivity contribution in [1.29, 1.82) is 0 Å². The summed E-state index contributed by atoms with van der Waals surface area (Å²) in [5.74, 6) is -0.158. The van der Waals surface area contributed by atoms with Crippen molar-refractivity contribution < 1.29 is 14.3 Å². The molecule has 3 N–H and O–H groups in total. The number of nitrogens with one attached hydrogen (secondary N) is 1. The average Bonchev–Trinajstić information content (AvgIpc) is 3.18. The number of nitrogens with two attached hydrogens (primary N) is 1. The van der Waals surface area contributed by atoms with E-state index in [9.17, 15) is 9.59 Å². The molecule has 140 valence electrons. The number of carbonyl (C=O) groups is 2. The van der Waals surface area contributed by atoms with Crippen LogP contribution < -0.4 is 15.8 Å². The summed E-state index contributed by atoms with van der Waals surface area (Å²) in [5.41, 5.74) is 7.03. The third-order valence-corrected chi connectivity index (χ3v) is 7.57. The average molecular weight is 421 g/mol. The van der Waals surface area contributed by atoms with Crippen LogP contribution in [-0.4, -0.2) is 18.9 Å². The van der Waals surface area contributed by atoms with Crippen LogP contribution in [-0.2, 0) is 12.8 Å². The van der Waals surface area contributed by atoms with E-state index in [0.717, 1.165) is 46.2 Å². The van der Waals surface area contributed by atoms with Crippen LogP contribution in [0.5, 0.6) is 5.75 Å². The van der Waals surface area contributed by atoms with Crippen LogP contribution >= 0.6 is 34.3 Å². The number of primary amides is 1. The molecule has 0 bridgehead atoms. The van der Waals surface area contributed by atoms with Crippen LogP contribution in [0.4, 0.5) is 5.00 Å². The van der Waals surface area contributed by atoms with Gasteiger partial charge in [0, 0.05) is 15.0 Å². The van der Waals surface area contributed by atoms with Gasteiger partial charge in [-0.15, -0.1) is 22.7 Å². The number of anilines is 1. The van der Waals surface area contributed by atoms with Crippen LogP contribution in [0.2, 0.25) is 5.02 Å². The second kappa shape index (κ2) is 7.14. The maximum Gasteiger partial charge on any atom is 0.267 e. The molecule has 0 unspecified atom stereocenters. The van der Waals surface area contributed by atoms with Crippen molar-refractivity contribution in [2.45, 2.75) is 25.7 Å². The maximum atomic E-state index is 12.9. The van der Waals surface area contributed by atoms with Gasteiger partial charge in [-0.25, -0.2) is 0 Å². The molecule has 0 atom stereocenters. The summed E-state index contributed by atoms with van der Waals surface area (Å²) in [6.45, 7) is 0. The van der Waals surface area contributed by atoms with Gasteiger partial charge < -0.3 is 15.8 Å². The molecule has 1 aromatic carbocycles. The topological polar surface area (TPSA) is 81.4 Å². The molecule has 4 rings (SSSR count). The predicted octanol–water partition coefficient (Wildman–Crippen LogP) is 4.85. The molecule has 2 aromatic heterocycles. The first-order chi connectivity index (χ1) is 13.0. The first kappa shape index (κ1) is 18.3. The van der Waals surface area contributed by atoms with Gasteiger partial charge in [0.1, 0.15) is 15.6 Å². The van der Waals surface area contributed by atoms with Gasteiger partial charge in [0.15, 0.2) is 0 Å². The minimum absolute atomic E-state index is 0.332. The molecule has 0 spiro atoms. The number of thiophene rings is 2. The van der Waals surface area contributed by atoms with E-state index < -0.39 is 5.91 Å². The zero-order valence-electron chi connectivity index (χ0n) is 14.6. The fourth-order valence-electron chi connectivity index (χ4n) is 3.39. The summed E-state index contributed by atoms with van der Waals surface area (Å²) in [5, 5.41) is 4.54. The normalized spacial score (nSPS) is 13.4. The van der Waals surface area contributed by atoms with Crippen molar-refractivity contribution in [2.75, 3.05) is 12.4 Å². The Morgan fingerprint density at radius 2 is 2.00 bits per heavy atom. The zero-order valence-corrected chi connectivity index (χ0v) is 16.9. The summed E-state index contributed by atoms with van der Waals surface area (Å²) in [7, 11) is 1.58. The molecule has 0 fully saturated rings. The van der Waals surface area contributed by atoms with Crippen molar-refractivity contribution in [3.05, 3.63) is 44.1 Å². The number of hydrogen-bond donors (Lipinski definition) is 2. The van der Waals surface area contributed by atoms with E-state index in [1.54, 1.807) is 7.11 Å². The lowest BCUT2D eigenvalue weighted by Crippen LogP contribution is -2.18. The molecule has 5 nitrogen and oxygen atoms in total. The van der Waals surface area contributed by atoms with Gasteiger partial charge in [-0.2, -0.15) is 0 Å². The van der Waals surface area contributed by atoms with Gasteiger partial charge in [-0.05, 0) is 49.4 Å². The second-order valence-corrected chi connectivity index (χ2v) is 8.88. The highest BCUT2D eigenvalue weighted by molar-refractivity contribution is 7.22. The molecule has 1 aliphatic rings. The molecule has 2 amide bonds. The van der Waals surface area contributed by atoms with E-state index in [1.807, 2.05) is 18.2 Å². The van der Waals surface area contributed by atoms with Gasteiger partial charge in [0.05, 0.1) is 17.7 Å². The zero-order chi connectivity index (χ0) is 19.1. The molecule has 8 heteroatoms. The van der Waals surface area contributed by atoms with Crippen molar-refractivity contribution in [1.82, 2.24) is 0 Å². The highest BCUT2D eigenvalue weighted by Gasteiger charge is 2.26. The minimum atomic E-state index is -0.503. The van der Waals surface area contributed by atoms with Gasteiger partial charge >= 0.3 is 0 Å². The van der Waals surface area contributed by atoms with Crippen LogP contribution in [0, 0.1) is 0 Å². The van der Waals surface area contributed by atoms with E-state index in [2.05, 4.69) is 5.32 Å². The van der Waals surface area contributed by atoms with Crippen LogP contribution in [0.25, 0.3) is 10.1 Å². The quantitative estimate of drug-likeness (QED) is 0.632.